The van der Waals surface area contributed by atoms with E-state index in [0.717, 1.165) is 50.9 Å². The van der Waals surface area contributed by atoms with Crippen LogP contribution in [0.1, 0.15) is 58.8 Å². The zero-order valence-electron chi connectivity index (χ0n) is 17.0. The molecule has 2 atom stereocenters. The van der Waals surface area contributed by atoms with Gasteiger partial charge in [0.1, 0.15) is 0 Å². The average Bonchev–Trinajstić information content (AvgIpc) is 3.08. The van der Waals surface area contributed by atoms with Gasteiger partial charge in [-0.05, 0) is 64.0 Å². The summed E-state index contributed by atoms with van der Waals surface area (Å²) in [4.78, 5) is 10.0. The summed E-state index contributed by atoms with van der Waals surface area (Å²) < 4.78 is 0. The molecule has 26 heavy (non-hydrogen) atoms. The first-order valence-corrected chi connectivity index (χ1v) is 10.6. The molecule has 2 unspecified atom stereocenters. The van der Waals surface area contributed by atoms with Gasteiger partial charge in [0.2, 0.25) is 0 Å². The van der Waals surface area contributed by atoms with Crippen LogP contribution in [0.15, 0.2) is 4.99 Å². The summed E-state index contributed by atoms with van der Waals surface area (Å²) >= 11 is 0. The molecule has 2 saturated heterocycles. The van der Waals surface area contributed by atoms with Crippen molar-refractivity contribution in [1.29, 1.82) is 0 Å². The number of aliphatic hydroxyl groups is 1. The molecule has 0 aromatic carbocycles. The third-order valence-electron chi connectivity index (χ3n) is 5.62. The number of halogens is 1. The molecule has 2 aliphatic rings. The number of hydrogen-bond acceptors (Lipinski definition) is 3. The lowest BCUT2D eigenvalue weighted by Gasteiger charge is -2.29. The zero-order chi connectivity index (χ0) is 17.9. The van der Waals surface area contributed by atoms with E-state index in [9.17, 15) is 5.11 Å². The minimum Gasteiger partial charge on any atom is -0.396 e. The van der Waals surface area contributed by atoms with Crippen LogP contribution >= 0.6 is 24.0 Å². The first kappa shape index (κ1) is 24.0. The number of aliphatic imine (C=N–C) groups is 1. The number of likely N-dealkylation sites (tertiary alicyclic amines) is 2. The fourth-order valence-electron chi connectivity index (χ4n) is 4.24. The third-order valence-corrected chi connectivity index (χ3v) is 5.62. The summed E-state index contributed by atoms with van der Waals surface area (Å²) in [7, 11) is 0. The molecule has 2 rings (SSSR count). The van der Waals surface area contributed by atoms with E-state index in [1.807, 2.05) is 0 Å². The molecule has 2 N–H and O–H groups in total. The van der Waals surface area contributed by atoms with Crippen molar-refractivity contribution in [3.8, 4) is 0 Å². The molecule has 2 heterocycles. The van der Waals surface area contributed by atoms with Crippen molar-refractivity contribution >= 4 is 29.9 Å². The fourth-order valence-corrected chi connectivity index (χ4v) is 4.24. The quantitative estimate of drug-likeness (QED) is 0.303. The Hall–Kier alpha value is -0.0800. The normalized spacial score (nSPS) is 23.0. The van der Waals surface area contributed by atoms with Gasteiger partial charge >= 0.3 is 0 Å². The van der Waals surface area contributed by atoms with Gasteiger partial charge in [0, 0.05) is 39.3 Å². The second-order valence-corrected chi connectivity index (χ2v) is 7.82. The monoisotopic (exact) mass is 480 g/mol. The molecule has 0 aromatic rings. The lowest BCUT2D eigenvalue weighted by molar-refractivity contribution is 0.198. The van der Waals surface area contributed by atoms with Crippen LogP contribution in [-0.2, 0) is 0 Å². The molecule has 0 aromatic heterocycles. The molecule has 0 saturated carbocycles. The maximum Gasteiger partial charge on any atom is 0.193 e. The van der Waals surface area contributed by atoms with Crippen LogP contribution in [0.2, 0.25) is 0 Å². The number of aliphatic hydroxyl groups excluding tert-OH is 1. The molecule has 154 valence electrons. The standard InChI is InChI=1S/C20H40N4O.HI/c1-3-8-18(10-14-25)15-22-20(21-4-2)24-13-9-19(17-24)16-23-11-6-5-7-12-23;/h18-19,25H,3-17H2,1-2H3,(H,21,22);1H. The number of nitrogens with zero attached hydrogens (tertiary/aromatic N) is 3. The van der Waals surface area contributed by atoms with Crippen LogP contribution < -0.4 is 5.32 Å². The third kappa shape index (κ3) is 8.30. The van der Waals surface area contributed by atoms with Gasteiger partial charge in [0.15, 0.2) is 5.96 Å². The SMILES string of the molecule is CCCC(CCO)CN=C(NCC)N1CCC(CN2CCCCC2)C1.I. The van der Waals surface area contributed by atoms with Crippen molar-refractivity contribution in [2.45, 2.75) is 58.8 Å². The largest absolute Gasteiger partial charge is 0.396 e. The Balaban J connectivity index is 0.00000338. The van der Waals surface area contributed by atoms with Crippen molar-refractivity contribution in [1.82, 2.24) is 15.1 Å². The molecule has 6 heteroatoms. The van der Waals surface area contributed by atoms with Crippen LogP contribution in [0.25, 0.3) is 0 Å². The molecule has 0 aliphatic carbocycles. The van der Waals surface area contributed by atoms with E-state index in [4.69, 9.17) is 4.99 Å². The second-order valence-electron chi connectivity index (χ2n) is 7.82. The topological polar surface area (TPSA) is 51.1 Å². The van der Waals surface area contributed by atoms with Gasteiger partial charge in [-0.2, -0.15) is 0 Å². The summed E-state index contributed by atoms with van der Waals surface area (Å²) in [5, 5.41) is 12.7. The van der Waals surface area contributed by atoms with E-state index in [1.165, 1.54) is 51.7 Å². The highest BCUT2D eigenvalue weighted by molar-refractivity contribution is 14.0. The van der Waals surface area contributed by atoms with Crippen LogP contribution in [0, 0.1) is 11.8 Å². The van der Waals surface area contributed by atoms with Crippen molar-refractivity contribution in [2.75, 3.05) is 52.4 Å². The van der Waals surface area contributed by atoms with Gasteiger partial charge < -0.3 is 20.2 Å². The van der Waals surface area contributed by atoms with E-state index in [-0.39, 0.29) is 30.6 Å². The van der Waals surface area contributed by atoms with Gasteiger partial charge in [-0.3, -0.25) is 4.99 Å². The van der Waals surface area contributed by atoms with E-state index in [1.54, 1.807) is 0 Å². The number of piperidine rings is 1. The predicted molar refractivity (Wildman–Crippen MR) is 121 cm³/mol. The Morgan fingerprint density at radius 1 is 1.15 bits per heavy atom. The Labute approximate surface area is 178 Å². The maximum atomic E-state index is 9.25. The highest BCUT2D eigenvalue weighted by Gasteiger charge is 2.27. The zero-order valence-corrected chi connectivity index (χ0v) is 19.3. The Morgan fingerprint density at radius 3 is 2.58 bits per heavy atom. The highest BCUT2D eigenvalue weighted by atomic mass is 127. The first-order chi connectivity index (χ1) is 12.3. The molecule has 0 bridgehead atoms. The Morgan fingerprint density at radius 2 is 1.92 bits per heavy atom. The van der Waals surface area contributed by atoms with Crippen LogP contribution in [0.4, 0.5) is 0 Å². The summed E-state index contributed by atoms with van der Waals surface area (Å²) in [5.41, 5.74) is 0. The minimum absolute atomic E-state index is 0. The number of rotatable bonds is 9. The predicted octanol–water partition coefficient (Wildman–Crippen LogP) is 3.18. The van der Waals surface area contributed by atoms with E-state index < -0.39 is 0 Å². The van der Waals surface area contributed by atoms with Gasteiger partial charge in [-0.25, -0.2) is 0 Å². The molecule has 2 aliphatic heterocycles. The summed E-state index contributed by atoms with van der Waals surface area (Å²) in [6.07, 6.45) is 8.65. The number of guanidine groups is 1. The van der Waals surface area contributed by atoms with Crippen molar-refractivity contribution < 1.29 is 5.11 Å². The van der Waals surface area contributed by atoms with Crippen molar-refractivity contribution in [3.05, 3.63) is 0 Å². The highest BCUT2D eigenvalue weighted by Crippen LogP contribution is 2.20. The van der Waals surface area contributed by atoms with E-state index >= 15 is 0 Å². The van der Waals surface area contributed by atoms with E-state index in [0.29, 0.717) is 5.92 Å². The molecule has 0 spiro atoms. The molecule has 0 amide bonds. The Bertz CT molecular complexity index is 382. The fraction of sp³-hybridized carbons (Fsp3) is 0.950. The summed E-state index contributed by atoms with van der Waals surface area (Å²) in [5.74, 6) is 2.38. The maximum absolute atomic E-state index is 9.25. The molecule has 5 nitrogen and oxygen atoms in total. The van der Waals surface area contributed by atoms with Gasteiger partial charge in [0.25, 0.3) is 0 Å². The number of hydrogen-bond donors (Lipinski definition) is 2. The lowest BCUT2D eigenvalue weighted by atomic mass is 10.0. The summed E-state index contributed by atoms with van der Waals surface area (Å²) in [6, 6.07) is 0. The molecule has 0 radical (unpaired) electrons. The molecule has 2 fully saturated rings. The first-order valence-electron chi connectivity index (χ1n) is 10.6. The van der Waals surface area contributed by atoms with Crippen LogP contribution in [-0.4, -0.2) is 73.3 Å². The Kier molecular flexibility index (Phi) is 12.9. The molecular weight excluding hydrogens is 439 g/mol. The van der Waals surface area contributed by atoms with Gasteiger partial charge in [-0.1, -0.05) is 19.8 Å². The smallest absolute Gasteiger partial charge is 0.193 e. The van der Waals surface area contributed by atoms with Crippen molar-refractivity contribution in [3.63, 3.8) is 0 Å². The second kappa shape index (κ2) is 14.0. The summed E-state index contributed by atoms with van der Waals surface area (Å²) in [6.45, 7) is 12.5. The molecular formula is C20H41IN4O. The minimum atomic E-state index is 0. The van der Waals surface area contributed by atoms with Crippen LogP contribution in [0.5, 0.6) is 0 Å². The average molecular weight is 480 g/mol. The van der Waals surface area contributed by atoms with E-state index in [2.05, 4.69) is 29.0 Å². The van der Waals surface area contributed by atoms with Gasteiger partial charge in [-0.15, -0.1) is 24.0 Å². The van der Waals surface area contributed by atoms with Gasteiger partial charge in [0.05, 0.1) is 0 Å². The number of nitrogens with one attached hydrogen (secondary N) is 1. The van der Waals surface area contributed by atoms with Crippen molar-refractivity contribution in [2.24, 2.45) is 16.8 Å². The lowest BCUT2D eigenvalue weighted by Crippen LogP contribution is -2.41. The van der Waals surface area contributed by atoms with Crippen LogP contribution in [0.3, 0.4) is 0 Å².